The zero-order valence-electron chi connectivity index (χ0n) is 18.4. The van der Waals surface area contributed by atoms with Gasteiger partial charge >= 0.3 is 0 Å². The lowest BCUT2D eigenvalue weighted by Crippen LogP contribution is -2.28. The zero-order valence-corrected chi connectivity index (χ0v) is 19.2. The van der Waals surface area contributed by atoms with Crippen molar-refractivity contribution in [3.05, 3.63) is 78.9 Å². The van der Waals surface area contributed by atoms with Gasteiger partial charge in [0.1, 0.15) is 12.2 Å². The second kappa shape index (κ2) is 10.3. The Labute approximate surface area is 188 Å². The van der Waals surface area contributed by atoms with Crippen molar-refractivity contribution in [2.75, 3.05) is 20.3 Å². The first-order valence-electron chi connectivity index (χ1n) is 11.0. The molecule has 3 aromatic carbocycles. The van der Waals surface area contributed by atoms with Gasteiger partial charge in [-0.2, -0.15) is 0 Å². The van der Waals surface area contributed by atoms with Gasteiger partial charge in [0.25, 0.3) is 0 Å². The molecule has 0 atom stereocenters. The first-order valence-corrected chi connectivity index (χ1v) is 12.2. The quantitative estimate of drug-likeness (QED) is 0.283. The van der Waals surface area contributed by atoms with Crippen molar-refractivity contribution in [1.29, 1.82) is 0 Å². The zero-order chi connectivity index (χ0) is 21.5. The van der Waals surface area contributed by atoms with Gasteiger partial charge < -0.3 is 14.2 Å². The van der Waals surface area contributed by atoms with Gasteiger partial charge in [0, 0.05) is 13.2 Å². The fourth-order valence-electron chi connectivity index (χ4n) is 4.06. The van der Waals surface area contributed by atoms with Crippen molar-refractivity contribution in [2.45, 2.75) is 52.9 Å². The van der Waals surface area contributed by atoms with Crippen LogP contribution in [0.4, 0.5) is 0 Å². The van der Waals surface area contributed by atoms with E-state index >= 15 is 0 Å². The van der Waals surface area contributed by atoms with E-state index in [1.54, 1.807) is 7.11 Å². The number of benzene rings is 3. The van der Waals surface area contributed by atoms with E-state index in [0.29, 0.717) is 13.2 Å². The van der Waals surface area contributed by atoms with E-state index in [9.17, 15) is 0 Å². The molecular formula is C27H31O3S+. The highest BCUT2D eigenvalue weighted by atomic mass is 32.2. The molecule has 0 radical (unpaired) electrons. The van der Waals surface area contributed by atoms with Gasteiger partial charge in [0.2, 0.25) is 0 Å². The van der Waals surface area contributed by atoms with Crippen LogP contribution in [0.1, 0.15) is 32.6 Å². The maximum atomic E-state index is 6.63. The summed E-state index contributed by atoms with van der Waals surface area (Å²) in [5.41, 5.74) is -0.129. The number of hydrogen-bond acceptors (Lipinski definition) is 3. The first kappa shape index (κ1) is 21.8. The maximum absolute atomic E-state index is 6.63. The normalized spacial score (nSPS) is 15.2. The van der Waals surface area contributed by atoms with Crippen molar-refractivity contribution < 1.29 is 14.2 Å². The van der Waals surface area contributed by atoms with Gasteiger partial charge in [0.05, 0.1) is 17.5 Å². The van der Waals surface area contributed by atoms with E-state index < -0.39 is 0 Å². The van der Waals surface area contributed by atoms with E-state index in [1.165, 1.54) is 27.5 Å². The summed E-state index contributed by atoms with van der Waals surface area (Å²) in [5.74, 6) is 1.63. The predicted octanol–water partition coefficient (Wildman–Crippen LogP) is 6.52. The highest BCUT2D eigenvalue weighted by molar-refractivity contribution is 7.97. The maximum Gasteiger partial charge on any atom is 0.170 e. The third-order valence-electron chi connectivity index (χ3n) is 5.67. The fourth-order valence-corrected chi connectivity index (χ4v) is 6.17. The molecule has 0 aliphatic heterocycles. The van der Waals surface area contributed by atoms with Crippen LogP contribution < -0.4 is 9.47 Å². The number of ether oxygens (including phenoxy) is 3. The highest BCUT2D eigenvalue weighted by Crippen LogP contribution is 2.41. The van der Waals surface area contributed by atoms with Gasteiger partial charge in [-0.15, -0.1) is 0 Å². The van der Waals surface area contributed by atoms with Crippen molar-refractivity contribution in [2.24, 2.45) is 0 Å². The Kier molecular flexibility index (Phi) is 7.21. The lowest BCUT2D eigenvalue weighted by Gasteiger charge is -2.27. The predicted molar refractivity (Wildman–Crippen MR) is 126 cm³/mol. The summed E-state index contributed by atoms with van der Waals surface area (Å²) in [6.45, 7) is 3.28. The van der Waals surface area contributed by atoms with Crippen LogP contribution in [-0.4, -0.2) is 25.9 Å². The van der Waals surface area contributed by atoms with Crippen LogP contribution in [0.15, 0.2) is 93.5 Å². The van der Waals surface area contributed by atoms with Crippen molar-refractivity contribution in [1.82, 2.24) is 0 Å². The minimum Gasteiger partial charge on any atom is -0.487 e. The van der Waals surface area contributed by atoms with Crippen LogP contribution in [0.5, 0.6) is 11.5 Å². The molecule has 0 saturated heterocycles. The molecule has 0 bridgehead atoms. The third-order valence-corrected chi connectivity index (χ3v) is 7.88. The molecule has 3 nitrogen and oxygen atoms in total. The Hall–Kier alpha value is -2.43. The van der Waals surface area contributed by atoms with Gasteiger partial charge in [-0.25, -0.2) is 0 Å². The van der Waals surface area contributed by atoms with E-state index in [2.05, 4.69) is 85.8 Å². The Balaban J connectivity index is 1.74. The monoisotopic (exact) mass is 435 g/mol. The summed E-state index contributed by atoms with van der Waals surface area (Å²) < 4.78 is 17.8. The smallest absolute Gasteiger partial charge is 0.170 e. The summed E-state index contributed by atoms with van der Waals surface area (Å²) in [5, 5.41) is 0. The Morgan fingerprint density at radius 3 is 1.94 bits per heavy atom. The SMILES string of the molecule is COCCOc1ccc([S+](c2ccccc2)c2ccccc2)cc1OC1(C)CCCC1. The molecule has 0 unspecified atom stereocenters. The van der Waals surface area contributed by atoms with Gasteiger partial charge in [-0.1, -0.05) is 36.4 Å². The largest absolute Gasteiger partial charge is 0.487 e. The van der Waals surface area contributed by atoms with Crippen molar-refractivity contribution >= 4 is 10.9 Å². The molecule has 1 aliphatic rings. The number of methoxy groups -OCH3 is 1. The summed E-state index contributed by atoms with van der Waals surface area (Å²) >= 11 is 0. The molecule has 0 spiro atoms. The number of rotatable bonds is 9. The molecule has 4 heteroatoms. The van der Waals surface area contributed by atoms with Crippen LogP contribution in [-0.2, 0) is 15.6 Å². The van der Waals surface area contributed by atoms with E-state index in [-0.39, 0.29) is 16.5 Å². The molecule has 3 aromatic rings. The first-order chi connectivity index (χ1) is 15.2. The molecule has 4 rings (SSSR count). The fraction of sp³-hybridized carbons (Fsp3) is 0.333. The second-order valence-corrected chi connectivity index (χ2v) is 10.2. The van der Waals surface area contributed by atoms with E-state index in [4.69, 9.17) is 14.2 Å². The molecule has 1 aliphatic carbocycles. The van der Waals surface area contributed by atoms with Crippen LogP contribution in [0, 0.1) is 0 Å². The Morgan fingerprint density at radius 2 is 1.35 bits per heavy atom. The second-order valence-electron chi connectivity index (χ2n) is 8.14. The van der Waals surface area contributed by atoms with Crippen molar-refractivity contribution in [3.8, 4) is 11.5 Å². The summed E-state index contributed by atoms with van der Waals surface area (Å²) in [4.78, 5) is 3.81. The van der Waals surface area contributed by atoms with Crippen LogP contribution in [0.2, 0.25) is 0 Å². The summed E-state index contributed by atoms with van der Waals surface area (Å²) in [6, 6.07) is 27.8. The average Bonchev–Trinajstić information content (AvgIpc) is 3.23. The third kappa shape index (κ3) is 5.44. The minimum absolute atomic E-state index is 0.129. The van der Waals surface area contributed by atoms with Crippen molar-refractivity contribution in [3.63, 3.8) is 0 Å². The summed E-state index contributed by atoms with van der Waals surface area (Å²) in [7, 11) is 1.47. The molecule has 1 saturated carbocycles. The molecule has 0 N–H and O–H groups in total. The molecule has 0 heterocycles. The topological polar surface area (TPSA) is 27.7 Å². The van der Waals surface area contributed by atoms with Crippen LogP contribution in [0.25, 0.3) is 0 Å². The van der Waals surface area contributed by atoms with E-state index in [1.807, 2.05) is 0 Å². The molecule has 0 amide bonds. The summed E-state index contributed by atoms with van der Waals surface area (Å²) in [6.07, 6.45) is 4.60. The van der Waals surface area contributed by atoms with Crippen LogP contribution >= 0.6 is 0 Å². The molecule has 31 heavy (non-hydrogen) atoms. The number of hydrogen-bond donors (Lipinski definition) is 0. The Bertz CT molecular complexity index is 913. The minimum atomic E-state index is -0.217. The van der Waals surface area contributed by atoms with Crippen LogP contribution in [0.3, 0.4) is 0 Å². The lowest BCUT2D eigenvalue weighted by atomic mass is 10.1. The molecule has 162 valence electrons. The van der Waals surface area contributed by atoms with Gasteiger partial charge in [-0.3, -0.25) is 0 Å². The van der Waals surface area contributed by atoms with Gasteiger partial charge in [-0.05, 0) is 69.0 Å². The van der Waals surface area contributed by atoms with E-state index in [0.717, 1.165) is 24.3 Å². The highest BCUT2D eigenvalue weighted by Gasteiger charge is 2.34. The average molecular weight is 436 g/mol. The molecular weight excluding hydrogens is 404 g/mol. The standard InChI is InChI=1S/C27H31O3S/c1-27(17-9-10-18-27)30-26-21-24(15-16-25(26)29-20-19-28-2)31(22-11-5-3-6-12-22)23-13-7-4-8-14-23/h3-8,11-16,21H,9-10,17-20H2,1-2H3/q+1. The molecule has 0 aromatic heterocycles. The Morgan fingerprint density at radius 1 is 0.742 bits per heavy atom. The molecule has 1 fully saturated rings. The lowest BCUT2D eigenvalue weighted by molar-refractivity contribution is 0.0874. The van der Waals surface area contributed by atoms with Gasteiger partial charge in [0.15, 0.2) is 26.2 Å².